The van der Waals surface area contributed by atoms with E-state index in [0.29, 0.717) is 0 Å². The van der Waals surface area contributed by atoms with E-state index in [1.54, 1.807) is 0 Å². The summed E-state index contributed by atoms with van der Waals surface area (Å²) in [4.78, 5) is 10.5. The second-order valence-corrected chi connectivity index (χ2v) is 2.44. The van der Waals surface area contributed by atoms with E-state index in [1.165, 1.54) is 0 Å². The Morgan fingerprint density at radius 1 is 1.12 bits per heavy atom. The Morgan fingerprint density at radius 2 is 1.56 bits per heavy atom. The van der Waals surface area contributed by atoms with Crippen LogP contribution in [0.1, 0.15) is 0 Å². The third-order valence-corrected chi connectivity index (χ3v) is 1.21. The fraction of sp³-hybridized carbons (Fsp3) is 0.571. The fourth-order valence-electron chi connectivity index (χ4n) is 0.630. The van der Waals surface area contributed by atoms with Crippen molar-refractivity contribution in [2.24, 2.45) is 0 Å². The molecule has 0 heterocycles. The highest BCUT2D eigenvalue weighted by atomic mass is 19.4. The van der Waals surface area contributed by atoms with Gasteiger partial charge in [0.2, 0.25) is 0 Å². The first-order valence-electron chi connectivity index (χ1n) is 3.72. The second kappa shape index (κ2) is 5.19. The monoisotopic (exact) mass is 252 g/mol. The number of allylic oxidation sites excluding steroid dienone is 1. The van der Waals surface area contributed by atoms with Gasteiger partial charge in [0.1, 0.15) is 12.2 Å². The summed E-state index contributed by atoms with van der Waals surface area (Å²) in [5, 5.41) is 8.13. The van der Waals surface area contributed by atoms with Crippen LogP contribution in [0.2, 0.25) is 0 Å². The van der Waals surface area contributed by atoms with Crippen molar-refractivity contribution in [3.8, 4) is 0 Å². The van der Waals surface area contributed by atoms with Crippen LogP contribution in [0, 0.1) is 0 Å². The van der Waals surface area contributed by atoms with Crippen LogP contribution < -0.4 is 0 Å². The summed E-state index contributed by atoms with van der Waals surface area (Å²) in [7, 11) is 0. The largest absolute Gasteiger partial charge is 0.460 e. The van der Waals surface area contributed by atoms with Crippen LogP contribution in [0.3, 0.4) is 0 Å². The number of alkyl halides is 6. The average Bonchev–Trinajstić information content (AvgIpc) is 2.07. The first kappa shape index (κ1) is 14.8. The fourth-order valence-corrected chi connectivity index (χ4v) is 0.630. The molecule has 0 aliphatic heterocycles. The van der Waals surface area contributed by atoms with Crippen molar-refractivity contribution in [1.82, 2.24) is 0 Å². The predicted octanol–water partition coefficient (Wildman–Crippen LogP) is 1.57. The topological polar surface area (TPSA) is 46.5 Å². The van der Waals surface area contributed by atoms with E-state index in [-0.39, 0.29) is 0 Å². The maximum absolute atomic E-state index is 11.9. The van der Waals surface area contributed by atoms with Gasteiger partial charge in [-0.2, -0.15) is 26.3 Å². The summed E-state index contributed by atoms with van der Waals surface area (Å²) in [5.41, 5.74) is -2.96. The zero-order chi connectivity index (χ0) is 13.0. The lowest BCUT2D eigenvalue weighted by Crippen LogP contribution is -2.27. The smallest absolute Gasteiger partial charge is 0.421 e. The number of esters is 1. The third kappa shape index (κ3) is 5.01. The summed E-state index contributed by atoms with van der Waals surface area (Å²) in [5.74, 6) is -1.82. The van der Waals surface area contributed by atoms with Crippen molar-refractivity contribution in [3.63, 3.8) is 0 Å². The molecule has 0 atom stereocenters. The number of ether oxygens (including phenoxy) is 1. The molecular weight excluding hydrogens is 246 g/mol. The van der Waals surface area contributed by atoms with Gasteiger partial charge in [-0.05, 0) is 0 Å². The first-order valence-corrected chi connectivity index (χ1v) is 3.72. The molecule has 0 amide bonds. The standard InChI is InChI=1S/C7H6F6O3/c8-6(9,10)4(7(11,12)13)3-5(15)16-2-1-14/h3,14H,1-2H2. The lowest BCUT2D eigenvalue weighted by atomic mass is 10.2. The van der Waals surface area contributed by atoms with Gasteiger partial charge in [0.25, 0.3) is 0 Å². The Kier molecular flexibility index (Phi) is 4.79. The molecule has 1 N–H and O–H groups in total. The van der Waals surface area contributed by atoms with Gasteiger partial charge >= 0.3 is 18.3 Å². The van der Waals surface area contributed by atoms with Crippen LogP contribution >= 0.6 is 0 Å². The molecule has 0 fully saturated rings. The molecule has 0 aliphatic carbocycles. The van der Waals surface area contributed by atoms with Gasteiger partial charge in [-0.25, -0.2) is 4.79 Å². The maximum atomic E-state index is 11.9. The minimum absolute atomic E-state index is 0.682. The molecular formula is C7H6F6O3. The van der Waals surface area contributed by atoms with E-state index in [2.05, 4.69) is 4.74 Å². The number of carbonyl (C=O) groups excluding carboxylic acids is 1. The Hall–Kier alpha value is -1.25. The molecule has 0 unspecified atom stereocenters. The number of hydrogen-bond acceptors (Lipinski definition) is 3. The van der Waals surface area contributed by atoms with E-state index in [9.17, 15) is 31.1 Å². The van der Waals surface area contributed by atoms with E-state index in [0.717, 1.165) is 0 Å². The van der Waals surface area contributed by atoms with Crippen molar-refractivity contribution in [2.75, 3.05) is 13.2 Å². The Balaban J connectivity index is 4.92. The van der Waals surface area contributed by atoms with Gasteiger partial charge < -0.3 is 9.84 Å². The highest BCUT2D eigenvalue weighted by Crippen LogP contribution is 2.38. The molecule has 16 heavy (non-hydrogen) atoms. The zero-order valence-corrected chi connectivity index (χ0v) is 7.52. The van der Waals surface area contributed by atoms with Gasteiger partial charge in [-0.1, -0.05) is 0 Å². The Bertz CT molecular complexity index is 261. The summed E-state index contributed by atoms with van der Waals surface area (Å²) >= 11 is 0. The molecule has 0 bridgehead atoms. The Labute approximate surface area is 85.3 Å². The van der Waals surface area contributed by atoms with E-state index in [1.807, 2.05) is 0 Å². The minimum atomic E-state index is -5.70. The van der Waals surface area contributed by atoms with Crippen LogP contribution in [-0.4, -0.2) is 36.6 Å². The number of rotatable bonds is 3. The number of aliphatic hydroxyl groups is 1. The SMILES string of the molecule is O=C(C=C(C(F)(F)F)C(F)(F)F)OCCO. The third-order valence-electron chi connectivity index (χ3n) is 1.21. The van der Waals surface area contributed by atoms with Crippen LogP contribution in [0.5, 0.6) is 0 Å². The van der Waals surface area contributed by atoms with Crippen molar-refractivity contribution in [2.45, 2.75) is 12.4 Å². The number of carbonyl (C=O) groups is 1. The summed E-state index contributed by atoms with van der Waals surface area (Å²) in [6, 6.07) is 0. The average molecular weight is 252 g/mol. The molecule has 0 aromatic carbocycles. The normalized spacial score (nSPS) is 12.2. The molecule has 0 rings (SSSR count). The maximum Gasteiger partial charge on any atom is 0.421 e. The van der Waals surface area contributed by atoms with Gasteiger partial charge in [0.05, 0.1) is 6.61 Å². The van der Waals surface area contributed by atoms with Crippen LogP contribution in [0.4, 0.5) is 26.3 Å². The number of hydrogen-bond donors (Lipinski definition) is 1. The van der Waals surface area contributed by atoms with Crippen LogP contribution in [-0.2, 0) is 9.53 Å². The highest BCUT2D eigenvalue weighted by Gasteiger charge is 2.51. The van der Waals surface area contributed by atoms with Gasteiger partial charge in [0, 0.05) is 6.08 Å². The Morgan fingerprint density at radius 3 is 1.88 bits per heavy atom. The summed E-state index contributed by atoms with van der Waals surface area (Å²) < 4.78 is 75.0. The molecule has 0 spiro atoms. The van der Waals surface area contributed by atoms with Crippen molar-refractivity contribution < 1.29 is 41.0 Å². The number of halogens is 6. The van der Waals surface area contributed by atoms with Crippen LogP contribution in [0.15, 0.2) is 11.6 Å². The predicted molar refractivity (Wildman–Crippen MR) is 38.2 cm³/mol. The van der Waals surface area contributed by atoms with Gasteiger partial charge in [-0.3, -0.25) is 0 Å². The number of aliphatic hydroxyl groups excluding tert-OH is 1. The quantitative estimate of drug-likeness (QED) is 0.471. The summed E-state index contributed by atoms with van der Waals surface area (Å²) in [6.07, 6.45) is -12.1. The molecule has 0 aromatic rings. The van der Waals surface area contributed by atoms with E-state index < -0.39 is 43.2 Å². The molecule has 0 radical (unpaired) electrons. The summed E-state index contributed by atoms with van der Waals surface area (Å²) in [6.45, 7) is -1.38. The van der Waals surface area contributed by atoms with E-state index >= 15 is 0 Å². The lowest BCUT2D eigenvalue weighted by Gasteiger charge is -2.14. The molecule has 94 valence electrons. The van der Waals surface area contributed by atoms with E-state index in [4.69, 9.17) is 5.11 Å². The first-order chi connectivity index (χ1) is 7.09. The van der Waals surface area contributed by atoms with Gasteiger partial charge in [0.15, 0.2) is 0 Å². The van der Waals surface area contributed by atoms with Crippen molar-refractivity contribution >= 4 is 5.97 Å². The minimum Gasteiger partial charge on any atom is -0.460 e. The van der Waals surface area contributed by atoms with Gasteiger partial charge in [-0.15, -0.1) is 0 Å². The molecule has 9 heteroatoms. The molecule has 0 saturated heterocycles. The second-order valence-electron chi connectivity index (χ2n) is 2.44. The zero-order valence-electron chi connectivity index (χ0n) is 7.52. The molecule has 3 nitrogen and oxygen atoms in total. The molecule has 0 aliphatic rings. The van der Waals surface area contributed by atoms with Crippen molar-refractivity contribution in [1.29, 1.82) is 0 Å². The molecule has 0 aromatic heterocycles. The lowest BCUT2D eigenvalue weighted by molar-refractivity contribution is -0.174. The van der Waals surface area contributed by atoms with Crippen molar-refractivity contribution in [3.05, 3.63) is 11.6 Å². The highest BCUT2D eigenvalue weighted by molar-refractivity contribution is 5.83. The molecule has 0 saturated carbocycles. The van der Waals surface area contributed by atoms with Crippen LogP contribution in [0.25, 0.3) is 0 Å².